The molecule has 0 aliphatic rings. The fourth-order valence-corrected chi connectivity index (χ4v) is 5.81. The highest BCUT2D eigenvalue weighted by atomic mass is 15.1. The number of hydrogen-bond acceptors (Lipinski definition) is 2. The van der Waals surface area contributed by atoms with Gasteiger partial charge in [0.25, 0.3) is 0 Å². The first kappa shape index (κ1) is 22.5. The van der Waals surface area contributed by atoms with Gasteiger partial charge in [-0.05, 0) is 65.7 Å². The quantitative estimate of drug-likeness (QED) is 0.236. The molecule has 40 heavy (non-hydrogen) atoms. The van der Waals surface area contributed by atoms with Gasteiger partial charge in [-0.25, -0.2) is 4.98 Å². The lowest BCUT2D eigenvalue weighted by Crippen LogP contribution is -1.98. The van der Waals surface area contributed by atoms with Gasteiger partial charge in [-0.3, -0.25) is 9.55 Å². The molecular weight excluding hydrogens is 488 g/mol. The molecule has 0 amide bonds. The van der Waals surface area contributed by atoms with Gasteiger partial charge in [0.15, 0.2) is 5.82 Å². The van der Waals surface area contributed by atoms with E-state index in [-0.39, 0.29) is 0 Å². The van der Waals surface area contributed by atoms with Crippen molar-refractivity contribution in [3.8, 4) is 34.0 Å². The number of imidazole rings is 1. The second-order valence-electron chi connectivity index (χ2n) is 9.91. The van der Waals surface area contributed by atoms with Crippen molar-refractivity contribution >= 4 is 32.8 Å². The number of nitrogens with zero attached hydrogens (tertiary/aromatic N) is 4. The zero-order valence-corrected chi connectivity index (χ0v) is 21.6. The molecule has 8 rings (SSSR count). The second-order valence-corrected chi connectivity index (χ2v) is 9.91. The number of pyridine rings is 1. The molecule has 0 aliphatic heterocycles. The van der Waals surface area contributed by atoms with Crippen LogP contribution in [0, 0.1) is 0 Å². The van der Waals surface area contributed by atoms with E-state index in [0.717, 1.165) is 50.3 Å². The molecule has 0 aliphatic carbocycles. The standard InChI is InChI=1S/C36H24N4/c1-3-11-25(12-4-1)26-18-20-28(21-19-26)40-33-23-22-32-34(35(33)38-36(40)30-16-9-10-24-37-30)29-15-7-8-17-31(29)39(32)27-13-5-2-6-14-27/h1-24H. The lowest BCUT2D eigenvalue weighted by Gasteiger charge is -2.11. The lowest BCUT2D eigenvalue weighted by atomic mass is 10.1. The van der Waals surface area contributed by atoms with Crippen LogP contribution in [0.2, 0.25) is 0 Å². The van der Waals surface area contributed by atoms with Crippen molar-refractivity contribution in [1.29, 1.82) is 0 Å². The van der Waals surface area contributed by atoms with Gasteiger partial charge in [0.05, 0.1) is 22.1 Å². The molecule has 0 saturated heterocycles. The fourth-order valence-electron chi connectivity index (χ4n) is 5.81. The second kappa shape index (κ2) is 9.07. The first-order valence-electron chi connectivity index (χ1n) is 13.4. The lowest BCUT2D eigenvalue weighted by molar-refractivity contribution is 1.08. The molecule has 0 saturated carbocycles. The third-order valence-corrected chi connectivity index (χ3v) is 7.60. The van der Waals surface area contributed by atoms with Crippen LogP contribution in [-0.4, -0.2) is 19.1 Å². The minimum Gasteiger partial charge on any atom is -0.309 e. The fraction of sp³-hybridized carbons (Fsp3) is 0. The van der Waals surface area contributed by atoms with Crippen LogP contribution in [0.25, 0.3) is 66.9 Å². The Balaban J connectivity index is 1.43. The maximum absolute atomic E-state index is 5.31. The first-order valence-corrected chi connectivity index (χ1v) is 13.4. The molecule has 0 spiro atoms. The van der Waals surface area contributed by atoms with E-state index in [9.17, 15) is 0 Å². The third kappa shape index (κ3) is 3.47. The van der Waals surface area contributed by atoms with Gasteiger partial charge in [-0.2, -0.15) is 0 Å². The monoisotopic (exact) mass is 512 g/mol. The van der Waals surface area contributed by atoms with Gasteiger partial charge in [-0.15, -0.1) is 0 Å². The van der Waals surface area contributed by atoms with E-state index >= 15 is 0 Å². The number of para-hydroxylation sites is 2. The van der Waals surface area contributed by atoms with Gasteiger partial charge >= 0.3 is 0 Å². The largest absolute Gasteiger partial charge is 0.309 e. The van der Waals surface area contributed by atoms with Crippen LogP contribution < -0.4 is 0 Å². The average Bonchev–Trinajstić information content (AvgIpc) is 3.59. The van der Waals surface area contributed by atoms with Crippen molar-refractivity contribution in [3.05, 3.63) is 146 Å². The molecule has 0 radical (unpaired) electrons. The average molecular weight is 513 g/mol. The Kier molecular flexibility index (Phi) is 5.10. The van der Waals surface area contributed by atoms with E-state index < -0.39 is 0 Å². The molecule has 5 aromatic carbocycles. The molecule has 3 heterocycles. The Bertz CT molecular complexity index is 2120. The highest BCUT2D eigenvalue weighted by Crippen LogP contribution is 2.39. The minimum atomic E-state index is 0.826. The normalized spacial score (nSPS) is 11.5. The summed E-state index contributed by atoms with van der Waals surface area (Å²) in [5.41, 5.74) is 9.72. The maximum atomic E-state index is 5.31. The molecule has 188 valence electrons. The van der Waals surface area contributed by atoms with Crippen molar-refractivity contribution < 1.29 is 0 Å². The number of rotatable bonds is 4. The summed E-state index contributed by atoms with van der Waals surface area (Å²) in [5.74, 6) is 0.826. The molecule has 3 aromatic heterocycles. The van der Waals surface area contributed by atoms with E-state index in [1.807, 2.05) is 30.5 Å². The SMILES string of the molecule is c1ccc(-c2ccc(-n3c(-c4ccccn4)nc4c5c6ccccc6n(-c6ccccc6)c5ccc43)cc2)cc1. The number of aromatic nitrogens is 4. The van der Waals surface area contributed by atoms with Crippen molar-refractivity contribution in [1.82, 2.24) is 19.1 Å². The number of hydrogen-bond donors (Lipinski definition) is 0. The number of benzene rings is 5. The highest BCUT2D eigenvalue weighted by molar-refractivity contribution is 6.20. The summed E-state index contributed by atoms with van der Waals surface area (Å²) >= 11 is 0. The zero-order valence-electron chi connectivity index (χ0n) is 21.6. The van der Waals surface area contributed by atoms with Gasteiger partial charge < -0.3 is 4.57 Å². The van der Waals surface area contributed by atoms with Crippen molar-refractivity contribution in [3.63, 3.8) is 0 Å². The van der Waals surface area contributed by atoms with Crippen molar-refractivity contribution in [2.45, 2.75) is 0 Å². The highest BCUT2D eigenvalue weighted by Gasteiger charge is 2.21. The van der Waals surface area contributed by atoms with Gasteiger partial charge in [0.1, 0.15) is 5.69 Å². The first-order chi connectivity index (χ1) is 19.9. The van der Waals surface area contributed by atoms with Crippen LogP contribution in [0.15, 0.2) is 146 Å². The predicted molar refractivity (Wildman–Crippen MR) is 164 cm³/mol. The molecular formula is C36H24N4. The van der Waals surface area contributed by atoms with Gasteiger partial charge in [0, 0.05) is 28.3 Å². The zero-order chi connectivity index (χ0) is 26.5. The molecule has 0 bridgehead atoms. The summed E-state index contributed by atoms with van der Waals surface area (Å²) in [6.07, 6.45) is 1.83. The maximum Gasteiger partial charge on any atom is 0.164 e. The Hall–Kier alpha value is -5.48. The summed E-state index contributed by atoms with van der Waals surface area (Å²) < 4.78 is 4.57. The van der Waals surface area contributed by atoms with E-state index in [1.54, 1.807) is 0 Å². The van der Waals surface area contributed by atoms with Crippen LogP contribution in [0.4, 0.5) is 0 Å². The van der Waals surface area contributed by atoms with Crippen LogP contribution in [0.1, 0.15) is 0 Å². The topological polar surface area (TPSA) is 35.6 Å². The van der Waals surface area contributed by atoms with Gasteiger partial charge in [-0.1, -0.05) is 84.9 Å². The summed E-state index contributed by atoms with van der Waals surface area (Å²) in [6.45, 7) is 0. The molecule has 4 heteroatoms. The molecule has 0 fully saturated rings. The summed E-state index contributed by atoms with van der Waals surface area (Å²) in [5, 5.41) is 2.33. The van der Waals surface area contributed by atoms with Crippen LogP contribution in [-0.2, 0) is 0 Å². The van der Waals surface area contributed by atoms with Crippen LogP contribution in [0.3, 0.4) is 0 Å². The molecule has 4 nitrogen and oxygen atoms in total. The van der Waals surface area contributed by atoms with Crippen LogP contribution in [0.5, 0.6) is 0 Å². The Morgan fingerprint density at radius 2 is 1.10 bits per heavy atom. The summed E-state index contributed by atoms with van der Waals surface area (Å²) in [7, 11) is 0. The molecule has 0 atom stereocenters. The summed E-state index contributed by atoms with van der Waals surface area (Å²) in [6, 6.07) is 48.7. The molecule has 8 aromatic rings. The van der Waals surface area contributed by atoms with Crippen molar-refractivity contribution in [2.24, 2.45) is 0 Å². The third-order valence-electron chi connectivity index (χ3n) is 7.60. The molecule has 0 N–H and O–H groups in total. The Morgan fingerprint density at radius 3 is 1.88 bits per heavy atom. The van der Waals surface area contributed by atoms with E-state index in [1.165, 1.54) is 16.5 Å². The van der Waals surface area contributed by atoms with Crippen LogP contribution >= 0.6 is 0 Å². The van der Waals surface area contributed by atoms with Crippen molar-refractivity contribution in [2.75, 3.05) is 0 Å². The minimum absolute atomic E-state index is 0.826. The Morgan fingerprint density at radius 1 is 0.450 bits per heavy atom. The van der Waals surface area contributed by atoms with E-state index in [0.29, 0.717) is 0 Å². The summed E-state index contributed by atoms with van der Waals surface area (Å²) in [4.78, 5) is 10.0. The van der Waals surface area contributed by atoms with E-state index in [2.05, 4.69) is 124 Å². The predicted octanol–water partition coefficient (Wildman–Crippen LogP) is 8.85. The smallest absolute Gasteiger partial charge is 0.164 e. The Labute approximate surface area is 231 Å². The van der Waals surface area contributed by atoms with E-state index in [4.69, 9.17) is 9.97 Å². The number of fused-ring (bicyclic) bond motifs is 5. The van der Waals surface area contributed by atoms with Gasteiger partial charge in [0.2, 0.25) is 0 Å². The molecule has 0 unspecified atom stereocenters.